The lowest BCUT2D eigenvalue weighted by Crippen LogP contribution is -2.53. The molecule has 10 nitrogen and oxygen atoms in total. The Labute approximate surface area is 253 Å². The summed E-state index contributed by atoms with van der Waals surface area (Å²) in [5.74, 6) is -1.14. The Morgan fingerprint density at radius 2 is 1.86 bits per heavy atom. The molecule has 0 aliphatic heterocycles. The number of aromatic nitrogens is 5. The standard InChI is InChI=1S/C31H37FN6O4S/c1-8-21-9-10-22(32)14-23(21)24(42-17-19(4)15-33)16-36-29-26(20(5)28(43-29)38-34-11-12-35-38)27(40)37(30(36)41)31(6,7)25(39)13-18(2)3/h9-12,14,18-19,24H,8,13,16-17H2,1-7H3/t19?,24-/m0/s1. The van der Waals surface area contributed by atoms with Crippen LogP contribution in [-0.4, -0.2) is 36.5 Å². The van der Waals surface area contributed by atoms with Gasteiger partial charge in [0.25, 0.3) is 5.56 Å². The Balaban J connectivity index is 2.03. The van der Waals surface area contributed by atoms with Crippen LogP contribution < -0.4 is 11.2 Å². The van der Waals surface area contributed by atoms with Gasteiger partial charge < -0.3 is 4.74 Å². The first kappa shape index (κ1) is 32.0. The van der Waals surface area contributed by atoms with Crippen LogP contribution in [0.1, 0.15) is 70.8 Å². The molecule has 2 atom stereocenters. The third-order valence-electron chi connectivity index (χ3n) is 7.57. The molecule has 0 saturated heterocycles. The fourth-order valence-electron chi connectivity index (χ4n) is 5.14. The Morgan fingerprint density at radius 1 is 1.19 bits per heavy atom. The molecule has 3 aromatic heterocycles. The number of hydrogen-bond acceptors (Lipinski definition) is 8. The van der Waals surface area contributed by atoms with Gasteiger partial charge in [-0.1, -0.05) is 38.2 Å². The maximum atomic E-state index is 14.6. The first-order valence-electron chi connectivity index (χ1n) is 14.3. The largest absolute Gasteiger partial charge is 0.370 e. The third-order valence-corrected chi connectivity index (χ3v) is 8.86. The van der Waals surface area contributed by atoms with Crippen LogP contribution in [0.3, 0.4) is 0 Å². The van der Waals surface area contributed by atoms with Crippen molar-refractivity contribution in [2.75, 3.05) is 6.61 Å². The molecule has 0 spiro atoms. The van der Waals surface area contributed by atoms with Gasteiger partial charge in [-0.25, -0.2) is 13.8 Å². The lowest BCUT2D eigenvalue weighted by molar-refractivity contribution is -0.127. The number of nitriles is 1. The van der Waals surface area contributed by atoms with Gasteiger partial charge in [0.2, 0.25) is 0 Å². The summed E-state index contributed by atoms with van der Waals surface area (Å²) in [6, 6.07) is 6.58. The predicted octanol–water partition coefficient (Wildman–Crippen LogP) is 5.08. The number of carbonyl (C=O) groups excluding carboxylic acids is 1. The monoisotopic (exact) mass is 608 g/mol. The van der Waals surface area contributed by atoms with Crippen LogP contribution in [0.4, 0.5) is 4.39 Å². The lowest BCUT2D eigenvalue weighted by Gasteiger charge is -2.28. The van der Waals surface area contributed by atoms with Gasteiger partial charge in [0.05, 0.1) is 42.9 Å². The SMILES string of the molecule is CCc1ccc(F)cc1[C@H](Cn1c(=O)n(C(C)(C)C(=O)CC(C)C)c(=O)c2c(C)c(-n3nccn3)sc21)OCC(C)C#N. The number of ether oxygens (including phenoxy) is 1. The minimum absolute atomic E-state index is 0.0224. The second-order valence-corrected chi connectivity index (χ2v) is 12.7. The molecule has 0 amide bonds. The van der Waals surface area contributed by atoms with Gasteiger partial charge in [0, 0.05) is 12.0 Å². The van der Waals surface area contributed by atoms with E-state index in [0.29, 0.717) is 27.4 Å². The number of thiophene rings is 1. The van der Waals surface area contributed by atoms with E-state index >= 15 is 0 Å². The number of halogens is 1. The van der Waals surface area contributed by atoms with Crippen LogP contribution in [0.15, 0.2) is 40.2 Å². The van der Waals surface area contributed by atoms with Crippen molar-refractivity contribution in [3.8, 4) is 11.1 Å². The molecule has 0 aliphatic carbocycles. The highest BCUT2D eigenvalue weighted by molar-refractivity contribution is 7.21. The maximum Gasteiger partial charge on any atom is 0.333 e. The van der Waals surface area contributed by atoms with E-state index in [9.17, 15) is 24.0 Å². The van der Waals surface area contributed by atoms with Crippen molar-refractivity contribution in [2.45, 2.75) is 79.5 Å². The van der Waals surface area contributed by atoms with Crippen molar-refractivity contribution in [3.05, 3.63) is 73.9 Å². The molecule has 43 heavy (non-hydrogen) atoms. The van der Waals surface area contributed by atoms with Crippen LogP contribution in [-0.2, 0) is 28.0 Å². The molecular weight excluding hydrogens is 571 g/mol. The van der Waals surface area contributed by atoms with E-state index in [1.54, 1.807) is 33.8 Å². The summed E-state index contributed by atoms with van der Waals surface area (Å²) in [4.78, 5) is 43.7. The zero-order chi connectivity index (χ0) is 31.6. The number of aryl methyl sites for hydroxylation is 2. The highest BCUT2D eigenvalue weighted by Crippen LogP contribution is 2.33. The van der Waals surface area contributed by atoms with E-state index in [1.807, 2.05) is 20.8 Å². The van der Waals surface area contributed by atoms with Gasteiger partial charge in [-0.2, -0.15) is 15.5 Å². The number of rotatable bonds is 12. The van der Waals surface area contributed by atoms with Crippen LogP contribution in [0.2, 0.25) is 0 Å². The minimum Gasteiger partial charge on any atom is -0.370 e. The van der Waals surface area contributed by atoms with E-state index in [1.165, 1.54) is 45.2 Å². The molecule has 228 valence electrons. The van der Waals surface area contributed by atoms with Crippen molar-refractivity contribution >= 4 is 27.3 Å². The minimum atomic E-state index is -1.45. The summed E-state index contributed by atoms with van der Waals surface area (Å²) in [6.45, 7) is 12.3. The van der Waals surface area contributed by atoms with Gasteiger partial charge in [0.15, 0.2) is 5.78 Å². The lowest BCUT2D eigenvalue weighted by atomic mass is 9.91. The summed E-state index contributed by atoms with van der Waals surface area (Å²) in [7, 11) is 0. The molecule has 4 rings (SSSR count). The second kappa shape index (κ2) is 12.7. The fourth-order valence-corrected chi connectivity index (χ4v) is 6.36. The molecule has 0 aliphatic rings. The number of hydrogen-bond donors (Lipinski definition) is 0. The van der Waals surface area contributed by atoms with E-state index in [2.05, 4.69) is 16.3 Å². The number of ketones is 1. The maximum absolute atomic E-state index is 14.6. The Bertz CT molecular complexity index is 1800. The second-order valence-electron chi connectivity index (χ2n) is 11.7. The Morgan fingerprint density at radius 3 is 2.47 bits per heavy atom. The number of Topliss-reactive ketones (excluding diaryl/α,β-unsaturated/α-hetero) is 1. The van der Waals surface area contributed by atoms with Gasteiger partial charge in [-0.05, 0) is 63.3 Å². The highest BCUT2D eigenvalue weighted by Gasteiger charge is 2.36. The molecule has 4 aromatic rings. The van der Waals surface area contributed by atoms with Crippen LogP contribution in [0.5, 0.6) is 0 Å². The van der Waals surface area contributed by atoms with Crippen molar-refractivity contribution in [3.63, 3.8) is 0 Å². The zero-order valence-electron chi connectivity index (χ0n) is 25.5. The summed E-state index contributed by atoms with van der Waals surface area (Å²) in [6.07, 6.45) is 2.95. The summed E-state index contributed by atoms with van der Waals surface area (Å²) >= 11 is 1.17. The third kappa shape index (κ3) is 6.24. The van der Waals surface area contributed by atoms with E-state index in [-0.39, 0.29) is 36.7 Å². The molecule has 0 radical (unpaired) electrons. The number of benzene rings is 1. The van der Waals surface area contributed by atoms with Crippen molar-refractivity contribution in [1.29, 1.82) is 5.26 Å². The molecule has 0 saturated carbocycles. The van der Waals surface area contributed by atoms with Crippen LogP contribution in [0.25, 0.3) is 15.2 Å². The molecule has 0 N–H and O–H groups in total. The predicted molar refractivity (Wildman–Crippen MR) is 163 cm³/mol. The Hall–Kier alpha value is -3.95. The van der Waals surface area contributed by atoms with E-state index in [4.69, 9.17) is 4.74 Å². The van der Waals surface area contributed by atoms with Gasteiger partial charge in [-0.15, -0.1) is 4.80 Å². The quantitative estimate of drug-likeness (QED) is 0.220. The zero-order valence-corrected chi connectivity index (χ0v) is 26.4. The fraction of sp³-hybridized carbons (Fsp3) is 0.484. The molecule has 0 fully saturated rings. The van der Waals surface area contributed by atoms with Crippen molar-refractivity contribution in [2.24, 2.45) is 11.8 Å². The average molecular weight is 609 g/mol. The topological polar surface area (TPSA) is 125 Å². The molecule has 1 aromatic carbocycles. The number of carbonyl (C=O) groups is 1. The highest BCUT2D eigenvalue weighted by atomic mass is 32.1. The van der Waals surface area contributed by atoms with Crippen LogP contribution in [0, 0.1) is 35.9 Å². The summed E-state index contributed by atoms with van der Waals surface area (Å²) in [5, 5.41) is 18.7. The summed E-state index contributed by atoms with van der Waals surface area (Å²) in [5.41, 5.74) is -0.788. The number of nitrogens with zero attached hydrogens (tertiary/aromatic N) is 6. The molecule has 1 unspecified atom stereocenters. The first-order chi connectivity index (χ1) is 20.3. The van der Waals surface area contributed by atoms with Gasteiger partial charge in [-0.3, -0.25) is 14.2 Å². The number of fused-ring (bicyclic) bond motifs is 1. The van der Waals surface area contributed by atoms with Gasteiger partial charge in [0.1, 0.15) is 27.3 Å². The van der Waals surface area contributed by atoms with Crippen molar-refractivity contribution < 1.29 is 13.9 Å². The average Bonchev–Trinajstić information content (AvgIpc) is 3.60. The smallest absolute Gasteiger partial charge is 0.333 e. The van der Waals surface area contributed by atoms with Crippen LogP contribution >= 0.6 is 11.3 Å². The molecule has 3 heterocycles. The normalized spacial score (nSPS) is 13.4. The molecule has 12 heteroatoms. The molecule has 0 bridgehead atoms. The Kier molecular flexibility index (Phi) is 9.47. The van der Waals surface area contributed by atoms with Crippen molar-refractivity contribution in [1.82, 2.24) is 24.1 Å². The first-order valence-corrected chi connectivity index (χ1v) is 15.1. The molecular formula is C31H37FN6O4S. The van der Waals surface area contributed by atoms with Gasteiger partial charge >= 0.3 is 5.69 Å². The van der Waals surface area contributed by atoms with E-state index in [0.717, 1.165) is 10.1 Å². The summed E-state index contributed by atoms with van der Waals surface area (Å²) < 4.78 is 23.3. The van der Waals surface area contributed by atoms with E-state index < -0.39 is 34.6 Å².